The van der Waals surface area contributed by atoms with E-state index >= 15 is 0 Å². The maximum Gasteiger partial charge on any atom is 0.411 e. The van der Waals surface area contributed by atoms with Gasteiger partial charge >= 0.3 is 12.1 Å². The quantitative estimate of drug-likeness (QED) is 0.899. The molecule has 2 fully saturated rings. The molecule has 0 saturated carbocycles. The summed E-state index contributed by atoms with van der Waals surface area (Å²) in [6.45, 7) is 2.44. The van der Waals surface area contributed by atoms with Gasteiger partial charge in [-0.05, 0) is 31.7 Å². The number of hydrogen-bond acceptors (Lipinski definition) is 4. The van der Waals surface area contributed by atoms with E-state index in [2.05, 4.69) is 0 Å². The number of likely N-dealkylation sites (tertiary alicyclic amines) is 2. The summed E-state index contributed by atoms with van der Waals surface area (Å²) in [6.07, 6.45) is 1.19. The van der Waals surface area contributed by atoms with Gasteiger partial charge in [0.2, 0.25) is 5.91 Å². The number of nitrogens with zero attached hydrogens (tertiary/aromatic N) is 2. The normalized spacial score (nSPS) is 24.0. The SMILES string of the molecule is CC(C(=O)O)N1CC[C@@]2(CCCN2C(=O)OCc2ccccc2)C1=O. The van der Waals surface area contributed by atoms with Crippen LogP contribution in [0.2, 0.25) is 0 Å². The molecule has 3 rings (SSSR count). The van der Waals surface area contributed by atoms with Gasteiger partial charge in [-0.3, -0.25) is 9.69 Å². The topological polar surface area (TPSA) is 87.2 Å². The number of rotatable bonds is 4. The molecule has 0 aliphatic carbocycles. The molecule has 1 unspecified atom stereocenters. The molecule has 25 heavy (non-hydrogen) atoms. The Morgan fingerprint density at radius 3 is 2.64 bits per heavy atom. The molecule has 0 aromatic heterocycles. The van der Waals surface area contributed by atoms with E-state index in [9.17, 15) is 19.5 Å². The van der Waals surface area contributed by atoms with Gasteiger partial charge in [0.15, 0.2) is 0 Å². The first-order chi connectivity index (χ1) is 12.0. The highest BCUT2D eigenvalue weighted by atomic mass is 16.6. The molecule has 134 valence electrons. The second-order valence-electron chi connectivity index (χ2n) is 6.59. The highest BCUT2D eigenvalue weighted by molar-refractivity contribution is 5.95. The molecule has 1 aromatic rings. The largest absolute Gasteiger partial charge is 0.480 e. The van der Waals surface area contributed by atoms with Gasteiger partial charge in [-0.1, -0.05) is 30.3 Å². The molecule has 1 spiro atoms. The number of carbonyl (C=O) groups is 3. The first-order valence-corrected chi connectivity index (χ1v) is 8.48. The summed E-state index contributed by atoms with van der Waals surface area (Å²) >= 11 is 0. The zero-order valence-corrected chi connectivity index (χ0v) is 14.2. The lowest BCUT2D eigenvalue weighted by molar-refractivity contribution is -0.150. The predicted molar refractivity (Wildman–Crippen MR) is 88.7 cm³/mol. The number of carboxylic acids is 1. The van der Waals surface area contributed by atoms with E-state index in [4.69, 9.17) is 4.74 Å². The third-order valence-electron chi connectivity index (χ3n) is 5.16. The van der Waals surface area contributed by atoms with Crippen LogP contribution < -0.4 is 0 Å². The molecule has 2 aliphatic rings. The van der Waals surface area contributed by atoms with Crippen molar-refractivity contribution in [3.63, 3.8) is 0 Å². The number of carbonyl (C=O) groups excluding carboxylic acids is 2. The molecule has 0 bridgehead atoms. The number of aliphatic carboxylic acids is 1. The van der Waals surface area contributed by atoms with Crippen LogP contribution in [0.4, 0.5) is 4.79 Å². The van der Waals surface area contributed by atoms with Crippen LogP contribution in [-0.4, -0.2) is 57.5 Å². The third-order valence-corrected chi connectivity index (χ3v) is 5.16. The van der Waals surface area contributed by atoms with Gasteiger partial charge in [-0.2, -0.15) is 0 Å². The Labute approximate surface area is 146 Å². The average molecular weight is 346 g/mol. The van der Waals surface area contributed by atoms with Crippen molar-refractivity contribution in [3.8, 4) is 0 Å². The summed E-state index contributed by atoms with van der Waals surface area (Å²) in [4.78, 5) is 39.5. The van der Waals surface area contributed by atoms with Crippen molar-refractivity contribution in [2.75, 3.05) is 13.1 Å². The van der Waals surface area contributed by atoms with E-state index in [-0.39, 0.29) is 12.5 Å². The molecular formula is C18H22N2O5. The number of hydrogen-bond donors (Lipinski definition) is 1. The minimum absolute atomic E-state index is 0.148. The fourth-order valence-corrected chi connectivity index (χ4v) is 3.71. The fraction of sp³-hybridized carbons (Fsp3) is 0.500. The van der Waals surface area contributed by atoms with E-state index in [1.807, 2.05) is 30.3 Å². The Morgan fingerprint density at radius 2 is 1.96 bits per heavy atom. The van der Waals surface area contributed by atoms with Crippen molar-refractivity contribution in [2.24, 2.45) is 0 Å². The molecule has 2 saturated heterocycles. The van der Waals surface area contributed by atoms with E-state index in [1.54, 1.807) is 0 Å². The molecule has 2 atom stereocenters. The van der Waals surface area contributed by atoms with Crippen LogP contribution in [-0.2, 0) is 20.9 Å². The van der Waals surface area contributed by atoms with Gasteiger partial charge in [0.05, 0.1) is 0 Å². The maximum atomic E-state index is 12.9. The zero-order valence-electron chi connectivity index (χ0n) is 14.2. The number of amides is 2. The number of ether oxygens (including phenoxy) is 1. The minimum Gasteiger partial charge on any atom is -0.480 e. The molecule has 2 aliphatic heterocycles. The Kier molecular flexibility index (Phi) is 4.65. The van der Waals surface area contributed by atoms with Gasteiger partial charge in [0.1, 0.15) is 18.2 Å². The lowest BCUT2D eigenvalue weighted by Crippen LogP contribution is -2.54. The molecule has 2 amide bonds. The smallest absolute Gasteiger partial charge is 0.411 e. The summed E-state index contributed by atoms with van der Waals surface area (Å²) in [5.41, 5.74) is -0.0692. The van der Waals surface area contributed by atoms with Crippen LogP contribution in [0.3, 0.4) is 0 Å². The zero-order chi connectivity index (χ0) is 18.0. The van der Waals surface area contributed by atoms with E-state index in [0.717, 1.165) is 5.56 Å². The van der Waals surface area contributed by atoms with Crippen molar-refractivity contribution < 1.29 is 24.2 Å². The number of benzene rings is 1. The van der Waals surface area contributed by atoms with Crippen molar-refractivity contribution in [2.45, 2.75) is 44.4 Å². The Balaban J connectivity index is 1.70. The van der Waals surface area contributed by atoms with Gasteiger partial charge in [-0.15, -0.1) is 0 Å². The molecular weight excluding hydrogens is 324 g/mol. The Hall–Kier alpha value is -2.57. The van der Waals surface area contributed by atoms with E-state index < -0.39 is 23.6 Å². The average Bonchev–Trinajstić information content (AvgIpc) is 3.18. The standard InChI is InChI=1S/C18H22N2O5/c1-13(15(21)22)19-11-9-18(16(19)23)8-5-10-20(18)17(24)25-12-14-6-3-2-4-7-14/h2-4,6-7,13H,5,8-12H2,1H3,(H,21,22)/t13?,18-/m0/s1. The van der Waals surface area contributed by atoms with Gasteiger partial charge in [0.25, 0.3) is 0 Å². The van der Waals surface area contributed by atoms with Crippen molar-refractivity contribution in [1.29, 1.82) is 0 Å². The Morgan fingerprint density at radius 1 is 1.24 bits per heavy atom. The van der Waals surface area contributed by atoms with Crippen LogP contribution in [0.25, 0.3) is 0 Å². The van der Waals surface area contributed by atoms with E-state index in [0.29, 0.717) is 32.4 Å². The van der Waals surface area contributed by atoms with Crippen LogP contribution in [0, 0.1) is 0 Å². The Bertz CT molecular complexity index is 677. The highest BCUT2D eigenvalue weighted by Crippen LogP contribution is 2.40. The van der Waals surface area contributed by atoms with Gasteiger partial charge < -0.3 is 14.7 Å². The van der Waals surface area contributed by atoms with Gasteiger partial charge in [-0.25, -0.2) is 9.59 Å². The van der Waals surface area contributed by atoms with E-state index in [1.165, 1.54) is 16.7 Å². The lowest BCUT2D eigenvalue weighted by atomic mass is 9.94. The first kappa shape index (κ1) is 17.3. The van der Waals surface area contributed by atoms with Crippen LogP contribution in [0.5, 0.6) is 0 Å². The highest BCUT2D eigenvalue weighted by Gasteiger charge is 2.56. The summed E-state index contributed by atoms with van der Waals surface area (Å²) in [7, 11) is 0. The van der Waals surface area contributed by atoms with Crippen LogP contribution in [0.1, 0.15) is 31.7 Å². The molecule has 0 radical (unpaired) electrons. The first-order valence-electron chi connectivity index (χ1n) is 8.48. The second-order valence-corrected chi connectivity index (χ2v) is 6.59. The molecule has 7 heteroatoms. The van der Waals surface area contributed by atoms with Crippen molar-refractivity contribution >= 4 is 18.0 Å². The van der Waals surface area contributed by atoms with Crippen molar-refractivity contribution in [1.82, 2.24) is 9.80 Å². The fourth-order valence-electron chi connectivity index (χ4n) is 3.71. The minimum atomic E-state index is -1.04. The number of carboxylic acid groups (broad SMARTS) is 1. The summed E-state index contributed by atoms with van der Waals surface area (Å²) in [6, 6.07) is 8.46. The monoisotopic (exact) mass is 346 g/mol. The molecule has 7 nitrogen and oxygen atoms in total. The molecule has 1 N–H and O–H groups in total. The molecule has 1 aromatic carbocycles. The van der Waals surface area contributed by atoms with Crippen molar-refractivity contribution in [3.05, 3.63) is 35.9 Å². The summed E-state index contributed by atoms with van der Waals surface area (Å²) < 4.78 is 5.39. The maximum absolute atomic E-state index is 12.9. The van der Waals surface area contributed by atoms with Gasteiger partial charge in [0, 0.05) is 13.1 Å². The predicted octanol–water partition coefficient (Wildman–Crippen LogP) is 1.86. The third kappa shape index (κ3) is 3.06. The lowest BCUT2D eigenvalue weighted by Gasteiger charge is -2.33. The summed E-state index contributed by atoms with van der Waals surface area (Å²) in [5, 5.41) is 9.18. The second kappa shape index (κ2) is 6.74. The van der Waals surface area contributed by atoms with Crippen LogP contribution >= 0.6 is 0 Å². The van der Waals surface area contributed by atoms with Crippen LogP contribution in [0.15, 0.2) is 30.3 Å². The molecule has 2 heterocycles. The summed E-state index contributed by atoms with van der Waals surface area (Å²) in [5.74, 6) is -1.32.